The molecule has 2 amide bonds. The highest BCUT2D eigenvalue weighted by atomic mass is 32.2. The van der Waals surface area contributed by atoms with Crippen molar-refractivity contribution in [3.8, 4) is 0 Å². The molecule has 3 rings (SSSR count). The van der Waals surface area contributed by atoms with Gasteiger partial charge in [0.15, 0.2) is 6.04 Å². The minimum atomic E-state index is -1.42. The number of carbonyl (C=O) groups is 3. The van der Waals surface area contributed by atoms with E-state index in [4.69, 9.17) is 4.74 Å². The fourth-order valence-corrected chi connectivity index (χ4v) is 4.76. The Hall–Kier alpha value is -2.32. The van der Waals surface area contributed by atoms with Crippen molar-refractivity contribution in [2.75, 3.05) is 5.75 Å². The fourth-order valence-electron chi connectivity index (χ4n) is 3.09. The minimum Gasteiger partial charge on any atom is -0.614 e. The molecule has 144 valence electrons. The van der Waals surface area contributed by atoms with Gasteiger partial charge in [0.25, 0.3) is 11.8 Å². The molecule has 7 nitrogen and oxygen atoms in total. The van der Waals surface area contributed by atoms with Crippen LogP contribution in [0.4, 0.5) is 0 Å². The molecule has 1 fully saturated rings. The van der Waals surface area contributed by atoms with E-state index in [1.54, 1.807) is 58.0 Å². The van der Waals surface area contributed by atoms with Crippen molar-refractivity contribution in [2.45, 2.75) is 44.7 Å². The van der Waals surface area contributed by atoms with E-state index in [0.29, 0.717) is 11.1 Å². The third kappa shape index (κ3) is 3.72. The number of hydrogen-bond acceptors (Lipinski definition) is 5. The molecule has 0 saturated carbocycles. The molecule has 1 aromatic rings. The predicted octanol–water partition coefficient (Wildman–Crippen LogP) is 1.33. The van der Waals surface area contributed by atoms with Crippen LogP contribution in [0.1, 0.15) is 38.1 Å². The smallest absolute Gasteiger partial charge is 0.355 e. The average molecular weight is 390 g/mol. The fraction of sp³-hybridized carbons (Fsp3) is 0.421. The molecule has 2 unspecified atom stereocenters. The van der Waals surface area contributed by atoms with Crippen molar-refractivity contribution in [2.24, 2.45) is 0 Å². The first-order chi connectivity index (χ1) is 12.6. The highest BCUT2D eigenvalue weighted by Crippen LogP contribution is 2.37. The summed E-state index contributed by atoms with van der Waals surface area (Å²) >= 11 is -1.42. The van der Waals surface area contributed by atoms with E-state index in [1.165, 1.54) is 4.90 Å². The SMILES string of the molecule is CC1=C(C(=O)OC(C)(C)C)N2C(=O)C(NC(=O)c3ccccc3)[C@@H]2[S+]([O-])C1. The molecule has 0 aromatic heterocycles. The van der Waals surface area contributed by atoms with Gasteiger partial charge in [-0.1, -0.05) is 18.2 Å². The summed E-state index contributed by atoms with van der Waals surface area (Å²) in [5, 5.41) is 1.87. The van der Waals surface area contributed by atoms with Gasteiger partial charge in [0.1, 0.15) is 17.1 Å². The standard InChI is InChI=1S/C19H22N2O5S/c1-11-10-27(25)17-13(20-15(22)12-8-6-5-7-9-12)16(23)21(17)14(11)18(24)26-19(2,3)4/h5-9,13,17H,10H2,1-4H3,(H,20,22)/t13?,17-,27?/m0/s1. The molecular weight excluding hydrogens is 368 g/mol. The van der Waals surface area contributed by atoms with Gasteiger partial charge in [-0.15, -0.1) is 0 Å². The summed E-state index contributed by atoms with van der Waals surface area (Å²) in [5.74, 6) is -1.35. The second-order valence-electron chi connectivity index (χ2n) is 7.57. The predicted molar refractivity (Wildman–Crippen MR) is 99.9 cm³/mol. The zero-order chi connectivity index (χ0) is 19.9. The van der Waals surface area contributed by atoms with E-state index >= 15 is 0 Å². The number of ether oxygens (including phenoxy) is 1. The minimum absolute atomic E-state index is 0.129. The summed E-state index contributed by atoms with van der Waals surface area (Å²) in [6.45, 7) is 6.87. The number of nitrogens with one attached hydrogen (secondary N) is 1. The Morgan fingerprint density at radius 3 is 2.48 bits per heavy atom. The summed E-state index contributed by atoms with van der Waals surface area (Å²) in [7, 11) is 0. The second kappa shape index (κ2) is 7.01. The quantitative estimate of drug-likeness (QED) is 0.477. The third-order valence-corrected chi connectivity index (χ3v) is 5.97. The monoisotopic (exact) mass is 390 g/mol. The van der Waals surface area contributed by atoms with Gasteiger partial charge in [-0.3, -0.25) is 14.5 Å². The van der Waals surface area contributed by atoms with E-state index < -0.39 is 46.0 Å². The van der Waals surface area contributed by atoms with Gasteiger partial charge >= 0.3 is 5.97 Å². The molecule has 1 saturated heterocycles. The molecule has 27 heavy (non-hydrogen) atoms. The first-order valence-corrected chi connectivity index (χ1v) is 9.97. The van der Waals surface area contributed by atoms with E-state index in [0.717, 1.165) is 0 Å². The van der Waals surface area contributed by atoms with Crippen LogP contribution in [-0.4, -0.2) is 50.0 Å². The van der Waals surface area contributed by atoms with Crippen molar-refractivity contribution in [1.29, 1.82) is 0 Å². The Morgan fingerprint density at radius 1 is 1.26 bits per heavy atom. The lowest BCUT2D eigenvalue weighted by atomic mass is 10.0. The molecule has 2 heterocycles. The highest BCUT2D eigenvalue weighted by molar-refractivity contribution is 7.92. The van der Waals surface area contributed by atoms with Gasteiger partial charge in [0.05, 0.1) is 0 Å². The summed E-state index contributed by atoms with van der Waals surface area (Å²) in [4.78, 5) is 38.8. The molecule has 0 aliphatic carbocycles. The lowest BCUT2D eigenvalue weighted by Gasteiger charge is -2.49. The number of amides is 2. The Bertz CT molecular complexity index is 815. The first kappa shape index (κ1) is 19.4. The third-order valence-electron chi connectivity index (χ3n) is 4.23. The van der Waals surface area contributed by atoms with E-state index in [2.05, 4.69) is 5.32 Å². The van der Waals surface area contributed by atoms with Crippen molar-refractivity contribution < 1.29 is 23.7 Å². The van der Waals surface area contributed by atoms with Crippen LogP contribution in [0, 0.1) is 0 Å². The van der Waals surface area contributed by atoms with Gasteiger partial charge in [-0.2, -0.15) is 0 Å². The number of carbonyl (C=O) groups excluding carboxylic acids is 3. The number of benzene rings is 1. The lowest BCUT2D eigenvalue weighted by Crippen LogP contribution is -2.74. The maximum atomic E-state index is 12.7. The maximum absolute atomic E-state index is 12.7. The molecular formula is C19H22N2O5S. The van der Waals surface area contributed by atoms with Crippen molar-refractivity contribution in [3.63, 3.8) is 0 Å². The topological polar surface area (TPSA) is 98.8 Å². The zero-order valence-corrected chi connectivity index (χ0v) is 16.5. The first-order valence-electron chi connectivity index (χ1n) is 8.59. The highest BCUT2D eigenvalue weighted by Gasteiger charge is 2.60. The zero-order valence-electron chi connectivity index (χ0n) is 15.6. The summed E-state index contributed by atoms with van der Waals surface area (Å²) in [5.41, 5.74) is 0.361. The molecule has 0 bridgehead atoms. The van der Waals surface area contributed by atoms with E-state index in [1.807, 2.05) is 0 Å². The van der Waals surface area contributed by atoms with Crippen LogP contribution < -0.4 is 5.32 Å². The lowest BCUT2D eigenvalue weighted by molar-refractivity contribution is -0.158. The number of β-lactam (4-membered cyclic amide) rings is 1. The van der Waals surface area contributed by atoms with Crippen LogP contribution in [0.15, 0.2) is 41.6 Å². The number of fused-ring (bicyclic) bond motifs is 1. The molecule has 3 atom stereocenters. The molecule has 1 N–H and O–H groups in total. The van der Waals surface area contributed by atoms with Crippen LogP contribution in [0.5, 0.6) is 0 Å². The van der Waals surface area contributed by atoms with Crippen LogP contribution in [0.3, 0.4) is 0 Å². The summed E-state index contributed by atoms with van der Waals surface area (Å²) in [6.07, 6.45) is 0. The summed E-state index contributed by atoms with van der Waals surface area (Å²) in [6, 6.07) is 7.55. The normalized spacial score (nSPS) is 24.9. The average Bonchev–Trinajstić information content (AvgIpc) is 2.58. The molecule has 2 aliphatic rings. The van der Waals surface area contributed by atoms with Crippen LogP contribution in [0.25, 0.3) is 0 Å². The number of nitrogens with zero attached hydrogens (tertiary/aromatic N) is 1. The van der Waals surface area contributed by atoms with Crippen LogP contribution in [0.2, 0.25) is 0 Å². The van der Waals surface area contributed by atoms with Crippen LogP contribution in [-0.2, 0) is 25.5 Å². The second-order valence-corrected chi connectivity index (χ2v) is 9.11. The molecule has 0 spiro atoms. The van der Waals surface area contributed by atoms with Gasteiger partial charge in [0.2, 0.25) is 5.37 Å². The Balaban J connectivity index is 1.80. The Morgan fingerprint density at radius 2 is 1.89 bits per heavy atom. The number of hydrogen-bond donors (Lipinski definition) is 1. The molecule has 1 aromatic carbocycles. The van der Waals surface area contributed by atoms with Gasteiger partial charge in [0, 0.05) is 11.1 Å². The van der Waals surface area contributed by atoms with Crippen molar-refractivity contribution in [1.82, 2.24) is 10.2 Å². The maximum Gasteiger partial charge on any atom is 0.355 e. The molecule has 2 aliphatic heterocycles. The van der Waals surface area contributed by atoms with Gasteiger partial charge in [-0.25, -0.2) is 4.79 Å². The van der Waals surface area contributed by atoms with Gasteiger partial charge in [-0.05, 0) is 51.0 Å². The number of rotatable bonds is 3. The van der Waals surface area contributed by atoms with Crippen molar-refractivity contribution >= 4 is 29.0 Å². The van der Waals surface area contributed by atoms with Gasteiger partial charge < -0.3 is 14.6 Å². The Labute approximate surface area is 160 Å². The Kier molecular flexibility index (Phi) is 5.05. The largest absolute Gasteiger partial charge is 0.614 e. The van der Waals surface area contributed by atoms with Crippen molar-refractivity contribution in [3.05, 3.63) is 47.2 Å². The molecule has 8 heteroatoms. The number of esters is 1. The summed E-state index contributed by atoms with van der Waals surface area (Å²) < 4.78 is 18.0. The van der Waals surface area contributed by atoms with E-state index in [-0.39, 0.29) is 11.4 Å². The molecule has 0 radical (unpaired) electrons. The van der Waals surface area contributed by atoms with E-state index in [9.17, 15) is 18.9 Å². The van der Waals surface area contributed by atoms with Crippen LogP contribution >= 0.6 is 0 Å².